The fourth-order valence-corrected chi connectivity index (χ4v) is 6.33. The number of piperazine rings is 1. The van der Waals surface area contributed by atoms with Crippen molar-refractivity contribution in [1.29, 1.82) is 5.41 Å². The van der Waals surface area contributed by atoms with Gasteiger partial charge >= 0.3 is 6.18 Å². The van der Waals surface area contributed by atoms with Crippen LogP contribution >= 0.6 is 0 Å². The lowest BCUT2D eigenvalue weighted by Crippen LogP contribution is -2.51. The summed E-state index contributed by atoms with van der Waals surface area (Å²) in [7, 11) is -3.95. The molecule has 0 unspecified atom stereocenters. The predicted molar refractivity (Wildman–Crippen MR) is 141 cm³/mol. The highest BCUT2D eigenvalue weighted by Crippen LogP contribution is 2.35. The standard InChI is InChI=1S/C27H29F4N5O2S/c1-18-7-9-33-16-26(18)39(37,38)36-12-11-35(10-8-27(29,30)31)25(17-36)23-14-20(15-32)24(13-19(23)2)34-22-5-3-21(28)4-6-22/h3-7,9,13-16,25,32,34H,8,10-12,17H2,1-2H3/t25-/m1/s1. The van der Waals surface area contributed by atoms with Crippen LogP contribution in [-0.2, 0) is 10.0 Å². The Labute approximate surface area is 225 Å². The highest BCUT2D eigenvalue weighted by atomic mass is 32.2. The van der Waals surface area contributed by atoms with E-state index in [0.29, 0.717) is 33.6 Å². The van der Waals surface area contributed by atoms with E-state index in [0.717, 1.165) is 6.21 Å². The number of nitrogens with one attached hydrogen (secondary N) is 2. The van der Waals surface area contributed by atoms with Crippen LogP contribution < -0.4 is 5.32 Å². The second-order valence-electron chi connectivity index (χ2n) is 9.49. The van der Waals surface area contributed by atoms with Crippen LogP contribution in [0, 0.1) is 25.1 Å². The molecule has 2 aromatic carbocycles. The topological polar surface area (TPSA) is 89.4 Å². The van der Waals surface area contributed by atoms with Crippen LogP contribution in [0.1, 0.15) is 34.7 Å². The highest BCUT2D eigenvalue weighted by molar-refractivity contribution is 7.89. The van der Waals surface area contributed by atoms with Gasteiger partial charge in [-0.3, -0.25) is 9.88 Å². The SMILES string of the molecule is Cc1cc(Nc2ccc(F)cc2)c(C=N)cc1[C@H]1CN(S(=O)(=O)c2cnccc2C)CCN1CCC(F)(F)F. The number of anilines is 2. The summed E-state index contributed by atoms with van der Waals surface area (Å²) in [6.07, 6.45) is -1.50. The zero-order valence-electron chi connectivity index (χ0n) is 21.5. The predicted octanol–water partition coefficient (Wildman–Crippen LogP) is 5.58. The second kappa shape index (κ2) is 11.4. The Kier molecular flexibility index (Phi) is 8.38. The molecule has 3 aromatic rings. The van der Waals surface area contributed by atoms with Crippen molar-refractivity contribution in [3.05, 3.63) is 82.9 Å². The van der Waals surface area contributed by atoms with E-state index in [4.69, 9.17) is 5.41 Å². The molecule has 2 N–H and O–H groups in total. The molecule has 4 rings (SSSR count). The molecular formula is C27H29F4N5O2S. The normalized spacial score (nSPS) is 17.2. The monoisotopic (exact) mass is 563 g/mol. The molecule has 0 radical (unpaired) electrons. The summed E-state index contributed by atoms with van der Waals surface area (Å²) in [5.41, 5.74) is 3.48. The van der Waals surface area contributed by atoms with Crippen LogP contribution in [0.2, 0.25) is 0 Å². The summed E-state index contributed by atoms with van der Waals surface area (Å²) in [4.78, 5) is 5.66. The van der Waals surface area contributed by atoms with Crippen LogP contribution in [0.3, 0.4) is 0 Å². The highest BCUT2D eigenvalue weighted by Gasteiger charge is 2.38. The van der Waals surface area contributed by atoms with E-state index in [-0.39, 0.29) is 31.1 Å². The number of alkyl halides is 3. The fraction of sp³-hybridized carbons (Fsp3) is 0.333. The maximum atomic E-state index is 13.5. The maximum absolute atomic E-state index is 13.5. The molecule has 0 aliphatic carbocycles. The van der Waals surface area contributed by atoms with Crippen LogP contribution in [0.5, 0.6) is 0 Å². The lowest BCUT2D eigenvalue weighted by Gasteiger charge is -2.42. The molecule has 2 heterocycles. The first-order valence-corrected chi connectivity index (χ1v) is 13.7. The van der Waals surface area contributed by atoms with E-state index in [1.165, 1.54) is 28.8 Å². The summed E-state index contributed by atoms with van der Waals surface area (Å²) in [6, 6.07) is 10.1. The van der Waals surface area contributed by atoms with Gasteiger partial charge in [-0.1, -0.05) is 0 Å². The molecule has 0 amide bonds. The number of benzene rings is 2. The Bertz CT molecular complexity index is 1450. The van der Waals surface area contributed by atoms with Crippen molar-refractivity contribution in [1.82, 2.24) is 14.2 Å². The van der Waals surface area contributed by atoms with Crippen LogP contribution in [0.4, 0.5) is 28.9 Å². The average Bonchev–Trinajstić information content (AvgIpc) is 2.88. The van der Waals surface area contributed by atoms with Gasteiger partial charge in [0.05, 0.1) is 6.42 Å². The Morgan fingerprint density at radius 2 is 1.82 bits per heavy atom. The largest absolute Gasteiger partial charge is 0.390 e. The van der Waals surface area contributed by atoms with Crippen molar-refractivity contribution in [2.24, 2.45) is 0 Å². The molecule has 1 aromatic heterocycles. The zero-order valence-corrected chi connectivity index (χ0v) is 22.3. The number of aryl methyl sites for hydroxylation is 2. The minimum Gasteiger partial charge on any atom is -0.355 e. The van der Waals surface area contributed by atoms with Gasteiger partial charge in [-0.15, -0.1) is 0 Å². The lowest BCUT2D eigenvalue weighted by atomic mass is 9.94. The Morgan fingerprint density at radius 3 is 2.46 bits per heavy atom. The average molecular weight is 564 g/mol. The molecule has 39 heavy (non-hydrogen) atoms. The van der Waals surface area contributed by atoms with Gasteiger partial charge in [-0.05, 0) is 73.0 Å². The Balaban J connectivity index is 1.70. The number of sulfonamides is 1. The first-order chi connectivity index (χ1) is 18.4. The van der Waals surface area contributed by atoms with Crippen molar-refractivity contribution in [3.63, 3.8) is 0 Å². The first-order valence-electron chi connectivity index (χ1n) is 12.3. The third kappa shape index (κ3) is 6.63. The van der Waals surface area contributed by atoms with E-state index in [1.54, 1.807) is 49.1 Å². The molecular weight excluding hydrogens is 534 g/mol. The molecule has 208 valence electrons. The Hall–Kier alpha value is -3.35. The number of hydrogen-bond donors (Lipinski definition) is 2. The van der Waals surface area contributed by atoms with Crippen molar-refractivity contribution in [2.45, 2.75) is 37.4 Å². The van der Waals surface area contributed by atoms with Crippen molar-refractivity contribution < 1.29 is 26.0 Å². The van der Waals surface area contributed by atoms with E-state index in [1.807, 2.05) is 0 Å². The van der Waals surface area contributed by atoms with E-state index >= 15 is 0 Å². The third-order valence-corrected chi connectivity index (χ3v) is 8.82. The van der Waals surface area contributed by atoms with E-state index in [9.17, 15) is 26.0 Å². The van der Waals surface area contributed by atoms with Gasteiger partial charge in [0.2, 0.25) is 10.0 Å². The molecule has 0 spiro atoms. The molecule has 7 nitrogen and oxygen atoms in total. The minimum absolute atomic E-state index is 0.0334. The van der Waals surface area contributed by atoms with Gasteiger partial charge in [-0.2, -0.15) is 17.5 Å². The van der Waals surface area contributed by atoms with Gasteiger partial charge in [0, 0.05) is 67.8 Å². The van der Waals surface area contributed by atoms with Crippen molar-refractivity contribution in [2.75, 3.05) is 31.5 Å². The van der Waals surface area contributed by atoms with E-state index < -0.39 is 34.5 Å². The molecule has 12 heteroatoms. The summed E-state index contributed by atoms with van der Waals surface area (Å²) >= 11 is 0. The van der Waals surface area contributed by atoms with Crippen LogP contribution in [0.15, 0.2) is 59.8 Å². The number of nitrogens with zero attached hydrogens (tertiary/aromatic N) is 3. The smallest absolute Gasteiger partial charge is 0.355 e. The maximum Gasteiger partial charge on any atom is 0.390 e. The van der Waals surface area contributed by atoms with Gasteiger partial charge in [0.1, 0.15) is 10.7 Å². The molecule has 1 saturated heterocycles. The summed E-state index contributed by atoms with van der Waals surface area (Å²) < 4.78 is 81.1. The second-order valence-corrected chi connectivity index (χ2v) is 11.4. The quantitative estimate of drug-likeness (QED) is 0.276. The molecule has 1 fully saturated rings. The molecule has 1 aliphatic rings. The molecule has 1 atom stereocenters. The van der Waals surface area contributed by atoms with Gasteiger partial charge in [0.15, 0.2) is 0 Å². The Morgan fingerprint density at radius 1 is 1.10 bits per heavy atom. The van der Waals surface area contributed by atoms with Crippen molar-refractivity contribution in [3.8, 4) is 0 Å². The molecule has 1 aliphatic heterocycles. The number of rotatable bonds is 8. The van der Waals surface area contributed by atoms with Gasteiger partial charge in [0.25, 0.3) is 0 Å². The zero-order chi connectivity index (χ0) is 28.4. The molecule has 0 saturated carbocycles. The van der Waals surface area contributed by atoms with Crippen LogP contribution in [0.25, 0.3) is 0 Å². The fourth-order valence-electron chi connectivity index (χ4n) is 4.72. The van der Waals surface area contributed by atoms with Gasteiger partial charge < -0.3 is 10.7 Å². The summed E-state index contributed by atoms with van der Waals surface area (Å²) in [5, 5.41) is 11.1. The first kappa shape index (κ1) is 28.7. The van der Waals surface area contributed by atoms with E-state index in [2.05, 4.69) is 10.3 Å². The number of hydrogen-bond acceptors (Lipinski definition) is 6. The third-order valence-electron chi connectivity index (χ3n) is 6.82. The summed E-state index contributed by atoms with van der Waals surface area (Å²) in [6.45, 7) is 3.25. The number of pyridine rings is 1. The summed E-state index contributed by atoms with van der Waals surface area (Å²) in [5.74, 6) is -0.392. The molecule has 0 bridgehead atoms. The number of aromatic nitrogens is 1. The van der Waals surface area contributed by atoms with Crippen LogP contribution in [-0.4, -0.2) is 61.2 Å². The number of halogens is 4. The van der Waals surface area contributed by atoms with Crippen molar-refractivity contribution >= 4 is 27.6 Å². The lowest BCUT2D eigenvalue weighted by molar-refractivity contribution is -0.140. The minimum atomic E-state index is -4.36. The van der Waals surface area contributed by atoms with Gasteiger partial charge in [-0.25, -0.2) is 12.8 Å².